The van der Waals surface area contributed by atoms with Crippen LogP contribution in [-0.2, 0) is 11.2 Å². The SMILES string of the molecule is O=C1OCCc2ccc(Br)c(F)c21. The Morgan fingerprint density at radius 3 is 3.00 bits per heavy atom. The summed E-state index contributed by atoms with van der Waals surface area (Å²) in [5.41, 5.74) is 0.789. The number of hydrogen-bond donors (Lipinski definition) is 0. The van der Waals surface area contributed by atoms with E-state index in [1.54, 1.807) is 12.1 Å². The highest BCUT2D eigenvalue weighted by Crippen LogP contribution is 2.25. The number of benzene rings is 1. The molecule has 0 aliphatic carbocycles. The van der Waals surface area contributed by atoms with E-state index in [9.17, 15) is 9.18 Å². The van der Waals surface area contributed by atoms with Crippen molar-refractivity contribution in [2.24, 2.45) is 0 Å². The molecule has 1 aromatic carbocycles. The quantitative estimate of drug-likeness (QED) is 0.655. The van der Waals surface area contributed by atoms with Crippen LogP contribution in [0.1, 0.15) is 15.9 Å². The van der Waals surface area contributed by atoms with Crippen molar-refractivity contribution in [2.45, 2.75) is 6.42 Å². The first kappa shape index (κ1) is 8.69. The molecule has 1 aliphatic rings. The average molecular weight is 245 g/mol. The topological polar surface area (TPSA) is 26.3 Å². The molecular weight excluding hydrogens is 239 g/mol. The molecule has 0 spiro atoms. The molecule has 68 valence electrons. The van der Waals surface area contributed by atoms with E-state index in [0.29, 0.717) is 17.5 Å². The zero-order chi connectivity index (χ0) is 9.42. The van der Waals surface area contributed by atoms with Crippen molar-refractivity contribution in [1.29, 1.82) is 0 Å². The normalized spacial score (nSPS) is 15.1. The summed E-state index contributed by atoms with van der Waals surface area (Å²) in [6, 6.07) is 3.34. The Balaban J connectivity index is 2.65. The number of rotatable bonds is 0. The molecule has 0 saturated heterocycles. The van der Waals surface area contributed by atoms with Crippen LogP contribution in [0, 0.1) is 5.82 Å². The van der Waals surface area contributed by atoms with Crippen LogP contribution in [0.2, 0.25) is 0 Å². The van der Waals surface area contributed by atoms with Crippen molar-refractivity contribution in [3.8, 4) is 0 Å². The molecule has 1 heterocycles. The lowest BCUT2D eigenvalue weighted by Crippen LogP contribution is -2.19. The highest BCUT2D eigenvalue weighted by Gasteiger charge is 2.23. The third-order valence-electron chi connectivity index (χ3n) is 1.99. The van der Waals surface area contributed by atoms with Crippen molar-refractivity contribution < 1.29 is 13.9 Å². The molecule has 0 aromatic heterocycles. The number of carbonyl (C=O) groups excluding carboxylic acids is 1. The fourth-order valence-corrected chi connectivity index (χ4v) is 1.68. The first-order chi connectivity index (χ1) is 6.20. The minimum atomic E-state index is -0.569. The molecule has 13 heavy (non-hydrogen) atoms. The standard InChI is InChI=1S/C9H6BrFO2/c10-6-2-1-5-3-4-13-9(12)7(5)8(6)11/h1-2H,3-4H2. The van der Waals surface area contributed by atoms with E-state index in [0.717, 1.165) is 5.56 Å². The number of ether oxygens (including phenoxy) is 1. The minimum absolute atomic E-state index is 0.0700. The fraction of sp³-hybridized carbons (Fsp3) is 0.222. The molecule has 0 amide bonds. The molecule has 0 unspecified atom stereocenters. The van der Waals surface area contributed by atoms with Crippen LogP contribution in [0.4, 0.5) is 4.39 Å². The Labute approximate surface area is 82.8 Å². The maximum atomic E-state index is 13.4. The fourth-order valence-electron chi connectivity index (χ4n) is 1.35. The van der Waals surface area contributed by atoms with Gasteiger partial charge < -0.3 is 4.74 Å². The van der Waals surface area contributed by atoms with Gasteiger partial charge >= 0.3 is 5.97 Å². The van der Waals surface area contributed by atoms with Crippen LogP contribution < -0.4 is 0 Å². The second kappa shape index (κ2) is 3.10. The van der Waals surface area contributed by atoms with E-state index in [2.05, 4.69) is 15.9 Å². The van der Waals surface area contributed by atoms with E-state index >= 15 is 0 Å². The van der Waals surface area contributed by atoms with E-state index in [1.807, 2.05) is 0 Å². The molecule has 2 rings (SSSR count). The maximum absolute atomic E-state index is 13.4. The predicted octanol–water partition coefficient (Wildman–Crippen LogP) is 2.30. The third kappa shape index (κ3) is 1.35. The molecule has 2 nitrogen and oxygen atoms in total. The zero-order valence-corrected chi connectivity index (χ0v) is 8.23. The highest BCUT2D eigenvalue weighted by molar-refractivity contribution is 9.10. The minimum Gasteiger partial charge on any atom is -0.462 e. The number of halogens is 2. The van der Waals surface area contributed by atoms with Gasteiger partial charge in [-0.25, -0.2) is 9.18 Å². The van der Waals surface area contributed by atoms with Crippen LogP contribution in [-0.4, -0.2) is 12.6 Å². The highest BCUT2D eigenvalue weighted by atomic mass is 79.9. The van der Waals surface area contributed by atoms with E-state index in [4.69, 9.17) is 4.74 Å². The Bertz CT molecular complexity index is 376. The largest absolute Gasteiger partial charge is 0.462 e. The lowest BCUT2D eigenvalue weighted by molar-refractivity contribution is 0.0473. The van der Waals surface area contributed by atoms with Crippen LogP contribution in [0.5, 0.6) is 0 Å². The van der Waals surface area contributed by atoms with E-state index in [1.165, 1.54) is 0 Å². The van der Waals surface area contributed by atoms with Crippen LogP contribution >= 0.6 is 15.9 Å². The Morgan fingerprint density at radius 1 is 1.46 bits per heavy atom. The zero-order valence-electron chi connectivity index (χ0n) is 6.64. The van der Waals surface area contributed by atoms with Gasteiger partial charge in [-0.05, 0) is 27.6 Å². The average Bonchev–Trinajstić information content (AvgIpc) is 2.12. The summed E-state index contributed by atoms with van der Waals surface area (Å²) < 4.78 is 18.4. The third-order valence-corrected chi connectivity index (χ3v) is 2.60. The molecule has 0 bridgehead atoms. The molecule has 0 saturated carbocycles. The van der Waals surface area contributed by atoms with Crippen LogP contribution in [0.25, 0.3) is 0 Å². The summed E-state index contributed by atoms with van der Waals surface area (Å²) in [4.78, 5) is 11.2. The number of hydrogen-bond acceptors (Lipinski definition) is 2. The summed E-state index contributed by atoms with van der Waals surface area (Å²) in [5, 5.41) is 0. The summed E-state index contributed by atoms with van der Waals surface area (Å²) in [5.74, 6) is -1.10. The van der Waals surface area contributed by atoms with Gasteiger partial charge in [0.05, 0.1) is 16.6 Å². The second-order valence-corrected chi connectivity index (χ2v) is 3.64. The lowest BCUT2D eigenvalue weighted by atomic mass is 10.0. The van der Waals surface area contributed by atoms with Gasteiger partial charge in [0.15, 0.2) is 5.82 Å². The van der Waals surface area contributed by atoms with Crippen molar-refractivity contribution >= 4 is 21.9 Å². The number of esters is 1. The molecule has 1 aromatic rings. The van der Waals surface area contributed by atoms with Gasteiger partial charge in [0.2, 0.25) is 0 Å². The van der Waals surface area contributed by atoms with Gasteiger partial charge in [0.1, 0.15) is 0 Å². The Morgan fingerprint density at radius 2 is 2.23 bits per heavy atom. The summed E-state index contributed by atoms with van der Waals surface area (Å²) in [6.07, 6.45) is 0.589. The molecule has 0 atom stereocenters. The summed E-state index contributed by atoms with van der Waals surface area (Å²) in [6.45, 7) is 0.340. The van der Waals surface area contributed by atoms with Crippen molar-refractivity contribution in [3.05, 3.63) is 33.5 Å². The summed E-state index contributed by atoms with van der Waals surface area (Å²) in [7, 11) is 0. The molecule has 0 fully saturated rings. The Hall–Kier alpha value is -0.900. The Kier molecular flexibility index (Phi) is 2.07. The van der Waals surface area contributed by atoms with Gasteiger partial charge in [-0.15, -0.1) is 0 Å². The van der Waals surface area contributed by atoms with Crippen molar-refractivity contribution in [2.75, 3.05) is 6.61 Å². The predicted molar refractivity (Wildman–Crippen MR) is 48.1 cm³/mol. The van der Waals surface area contributed by atoms with Crippen molar-refractivity contribution in [1.82, 2.24) is 0 Å². The maximum Gasteiger partial charge on any atom is 0.341 e. The molecule has 4 heteroatoms. The second-order valence-electron chi connectivity index (χ2n) is 2.78. The van der Waals surface area contributed by atoms with E-state index < -0.39 is 11.8 Å². The summed E-state index contributed by atoms with van der Waals surface area (Å²) >= 11 is 3.02. The van der Waals surface area contributed by atoms with E-state index in [-0.39, 0.29) is 5.56 Å². The number of cyclic esters (lactones) is 1. The monoisotopic (exact) mass is 244 g/mol. The van der Waals surface area contributed by atoms with Gasteiger partial charge in [-0.1, -0.05) is 6.07 Å². The lowest BCUT2D eigenvalue weighted by Gasteiger charge is -2.16. The number of carbonyl (C=O) groups is 1. The first-order valence-electron chi connectivity index (χ1n) is 3.84. The number of fused-ring (bicyclic) bond motifs is 1. The van der Waals surface area contributed by atoms with Crippen LogP contribution in [0.15, 0.2) is 16.6 Å². The molecular formula is C9H6BrFO2. The van der Waals surface area contributed by atoms with Gasteiger partial charge in [-0.3, -0.25) is 0 Å². The van der Waals surface area contributed by atoms with Crippen LogP contribution in [0.3, 0.4) is 0 Å². The first-order valence-corrected chi connectivity index (χ1v) is 4.63. The van der Waals surface area contributed by atoms with Gasteiger partial charge in [0, 0.05) is 6.42 Å². The molecule has 0 N–H and O–H groups in total. The molecule has 0 radical (unpaired) electrons. The molecule has 1 aliphatic heterocycles. The smallest absolute Gasteiger partial charge is 0.341 e. The van der Waals surface area contributed by atoms with Gasteiger partial charge in [0.25, 0.3) is 0 Å². The van der Waals surface area contributed by atoms with Crippen molar-refractivity contribution in [3.63, 3.8) is 0 Å². The van der Waals surface area contributed by atoms with Gasteiger partial charge in [-0.2, -0.15) is 0 Å².